The van der Waals surface area contributed by atoms with Gasteiger partial charge in [-0.15, -0.1) is 0 Å². The number of nitrogens with two attached hydrogens (primary N) is 1. The third-order valence-electron chi connectivity index (χ3n) is 5.96. The number of hydrogen-bond acceptors (Lipinski definition) is 8. The number of sulfonamides is 1. The van der Waals surface area contributed by atoms with Crippen LogP contribution in [0.1, 0.15) is 44.0 Å². The fourth-order valence-corrected chi connectivity index (χ4v) is 5.19. The summed E-state index contributed by atoms with van der Waals surface area (Å²) in [6, 6.07) is 0. The van der Waals surface area contributed by atoms with Crippen molar-refractivity contribution in [3.63, 3.8) is 0 Å². The molecule has 0 aromatic carbocycles. The van der Waals surface area contributed by atoms with E-state index in [-0.39, 0.29) is 17.5 Å². The Morgan fingerprint density at radius 1 is 1.23 bits per heavy atom. The molecule has 2 aliphatic carbocycles. The van der Waals surface area contributed by atoms with Crippen LogP contribution in [0.2, 0.25) is 0 Å². The van der Waals surface area contributed by atoms with Crippen LogP contribution in [0, 0.1) is 5.41 Å². The highest BCUT2D eigenvalue weighted by Crippen LogP contribution is 2.39. The Morgan fingerprint density at radius 3 is 2.69 bits per heavy atom. The normalized spacial score (nSPS) is 21.9. The predicted octanol–water partition coefficient (Wildman–Crippen LogP) is 2.36. The highest BCUT2D eigenvalue weighted by molar-refractivity contribution is 7.93. The molecule has 0 bridgehead atoms. The molecule has 3 N–H and O–H groups in total. The topological polar surface area (TPSA) is 150 Å². The van der Waals surface area contributed by atoms with Gasteiger partial charge in [-0.3, -0.25) is 19.5 Å². The van der Waals surface area contributed by atoms with Gasteiger partial charge in [0.15, 0.2) is 5.82 Å². The second kappa shape index (κ2) is 10.1. The van der Waals surface area contributed by atoms with E-state index in [9.17, 15) is 13.2 Å². The summed E-state index contributed by atoms with van der Waals surface area (Å²) in [5.41, 5.74) is 5.54. The molecule has 1 fully saturated rings. The molecule has 1 unspecified atom stereocenters. The van der Waals surface area contributed by atoms with Crippen LogP contribution in [0.25, 0.3) is 5.57 Å². The number of alkyl halides is 1. The first kappa shape index (κ1) is 24.7. The van der Waals surface area contributed by atoms with Gasteiger partial charge >= 0.3 is 0 Å². The summed E-state index contributed by atoms with van der Waals surface area (Å²) < 4.78 is 47.4. The van der Waals surface area contributed by atoms with E-state index in [1.807, 2.05) is 6.92 Å². The molecular weight excluding hydrogens is 475 g/mol. The second-order valence-electron chi connectivity index (χ2n) is 8.53. The number of allylic oxidation sites excluding steroid dienone is 3. The maximum atomic E-state index is 15.4. The second-order valence-corrected chi connectivity index (χ2v) is 10.5. The van der Waals surface area contributed by atoms with Crippen LogP contribution < -0.4 is 15.2 Å². The van der Waals surface area contributed by atoms with Gasteiger partial charge in [0.25, 0.3) is 0 Å². The molecule has 1 saturated carbocycles. The summed E-state index contributed by atoms with van der Waals surface area (Å²) in [7, 11) is -3.45. The molecule has 2 aromatic rings. The highest BCUT2D eigenvalue weighted by atomic mass is 32.2. The predicted molar refractivity (Wildman–Crippen MR) is 127 cm³/mol. The van der Waals surface area contributed by atoms with Crippen LogP contribution >= 0.6 is 0 Å². The Labute approximate surface area is 203 Å². The molecule has 2 heterocycles. The van der Waals surface area contributed by atoms with Crippen molar-refractivity contribution in [3.8, 4) is 5.88 Å². The van der Waals surface area contributed by atoms with E-state index in [1.165, 1.54) is 36.9 Å². The zero-order valence-corrected chi connectivity index (χ0v) is 20.0. The van der Waals surface area contributed by atoms with Crippen molar-refractivity contribution in [1.82, 2.24) is 19.9 Å². The van der Waals surface area contributed by atoms with E-state index in [0.717, 1.165) is 0 Å². The monoisotopic (exact) mass is 502 g/mol. The molecule has 2 aromatic heterocycles. The van der Waals surface area contributed by atoms with Gasteiger partial charge in [0.1, 0.15) is 11.6 Å². The van der Waals surface area contributed by atoms with E-state index in [1.54, 1.807) is 6.08 Å². The van der Waals surface area contributed by atoms with Crippen LogP contribution in [-0.4, -0.2) is 52.3 Å². The molecule has 0 saturated heterocycles. The van der Waals surface area contributed by atoms with E-state index < -0.39 is 27.5 Å². The molecule has 2 atom stereocenters. The molecule has 186 valence electrons. The van der Waals surface area contributed by atoms with E-state index in [4.69, 9.17) is 10.5 Å². The summed E-state index contributed by atoms with van der Waals surface area (Å²) in [5.74, 6) is -0.310. The summed E-state index contributed by atoms with van der Waals surface area (Å²) in [5, 5.41) is -0.381. The Kier molecular flexibility index (Phi) is 7.10. The molecule has 10 nitrogen and oxygen atoms in total. The number of halogens is 1. The van der Waals surface area contributed by atoms with Gasteiger partial charge in [0, 0.05) is 11.8 Å². The van der Waals surface area contributed by atoms with Crippen LogP contribution in [0.15, 0.2) is 43.0 Å². The number of anilines is 1. The molecule has 0 spiro atoms. The maximum absolute atomic E-state index is 15.4. The van der Waals surface area contributed by atoms with Gasteiger partial charge in [-0.1, -0.05) is 12.2 Å². The van der Waals surface area contributed by atoms with E-state index in [2.05, 4.69) is 24.7 Å². The van der Waals surface area contributed by atoms with E-state index >= 15 is 4.39 Å². The quantitative estimate of drug-likeness (QED) is 0.475. The number of ether oxygens (including phenoxy) is 1. The van der Waals surface area contributed by atoms with Crippen molar-refractivity contribution in [2.45, 2.75) is 50.4 Å². The number of aryl methyl sites for hydroxylation is 1. The minimum absolute atomic E-state index is 0.133. The van der Waals surface area contributed by atoms with Crippen LogP contribution in [0.5, 0.6) is 5.88 Å². The van der Waals surface area contributed by atoms with Gasteiger partial charge in [-0.2, -0.15) is 0 Å². The number of amides is 1. The molecule has 2 aliphatic rings. The third kappa shape index (κ3) is 5.64. The lowest BCUT2D eigenvalue weighted by molar-refractivity contribution is -0.127. The SMILES string of the molecule is CCOc1cncc(C2=C[C@@H](F)C(CCCc3cncc(NS(=O)(=O)C4CC4)n3)(C(N)=O)C=C2)n1. The number of nitrogens with zero attached hydrogens (tertiary/aromatic N) is 4. The molecule has 0 aliphatic heterocycles. The van der Waals surface area contributed by atoms with Gasteiger partial charge in [0.2, 0.25) is 21.8 Å². The number of rotatable bonds is 11. The smallest absolute Gasteiger partial charge is 0.236 e. The van der Waals surface area contributed by atoms with Crippen molar-refractivity contribution in [1.29, 1.82) is 0 Å². The Hall–Kier alpha value is -3.41. The first-order valence-corrected chi connectivity index (χ1v) is 12.9. The van der Waals surface area contributed by atoms with Crippen LogP contribution in [0.3, 0.4) is 0 Å². The molecular formula is C23H27FN6O4S. The Bertz CT molecular complexity index is 1260. The molecule has 4 rings (SSSR count). The van der Waals surface area contributed by atoms with Crippen molar-refractivity contribution in [2.75, 3.05) is 11.3 Å². The Balaban J connectivity index is 1.43. The summed E-state index contributed by atoms with van der Waals surface area (Å²) in [6.45, 7) is 2.24. The van der Waals surface area contributed by atoms with E-state index in [0.29, 0.717) is 55.1 Å². The molecule has 0 radical (unpaired) electrons. The fourth-order valence-electron chi connectivity index (χ4n) is 3.88. The number of carbonyl (C=O) groups is 1. The number of hydrogen-bond donors (Lipinski definition) is 2. The van der Waals surface area contributed by atoms with Crippen molar-refractivity contribution in [2.24, 2.45) is 11.1 Å². The first-order valence-electron chi connectivity index (χ1n) is 11.4. The minimum Gasteiger partial charge on any atom is -0.477 e. The van der Waals surface area contributed by atoms with Crippen LogP contribution in [0.4, 0.5) is 10.2 Å². The van der Waals surface area contributed by atoms with Crippen molar-refractivity contribution in [3.05, 3.63) is 54.4 Å². The zero-order valence-electron chi connectivity index (χ0n) is 19.2. The van der Waals surface area contributed by atoms with Gasteiger partial charge < -0.3 is 10.5 Å². The highest BCUT2D eigenvalue weighted by Gasteiger charge is 2.43. The van der Waals surface area contributed by atoms with Crippen molar-refractivity contribution < 1.29 is 22.3 Å². The largest absolute Gasteiger partial charge is 0.477 e. The van der Waals surface area contributed by atoms with Crippen LogP contribution in [-0.2, 0) is 21.2 Å². The number of carbonyl (C=O) groups excluding carboxylic acids is 1. The first-order chi connectivity index (χ1) is 16.7. The minimum atomic E-state index is -3.45. The lowest BCUT2D eigenvalue weighted by atomic mass is 9.73. The lowest BCUT2D eigenvalue weighted by Gasteiger charge is -2.32. The summed E-state index contributed by atoms with van der Waals surface area (Å²) in [6.07, 6.45) is 10.7. The zero-order chi connectivity index (χ0) is 25.1. The standard InChI is InChI=1S/C23H27FN6O4S/c1-2-34-21-14-27-12-18(29-21)15-7-9-23(22(25)31,19(24)10-15)8-3-4-16-11-26-13-20(28-16)30-35(32,33)17-5-6-17/h7,9-14,17,19H,2-6,8H2,1H3,(H2,25,31)(H,28,30)/t19-,23?/m1/s1. The molecule has 1 amide bonds. The molecule has 12 heteroatoms. The maximum Gasteiger partial charge on any atom is 0.236 e. The average Bonchev–Trinajstić information content (AvgIpc) is 3.67. The summed E-state index contributed by atoms with van der Waals surface area (Å²) in [4.78, 5) is 29.1. The number of aromatic nitrogens is 4. The van der Waals surface area contributed by atoms with Gasteiger partial charge in [-0.05, 0) is 45.1 Å². The third-order valence-corrected chi connectivity index (χ3v) is 7.80. The number of nitrogens with one attached hydrogen (secondary N) is 1. The Morgan fingerprint density at radius 2 is 2.00 bits per heavy atom. The van der Waals surface area contributed by atoms with Crippen molar-refractivity contribution >= 4 is 27.3 Å². The fraction of sp³-hybridized carbons (Fsp3) is 0.435. The summed E-state index contributed by atoms with van der Waals surface area (Å²) >= 11 is 0. The molecule has 35 heavy (non-hydrogen) atoms. The average molecular weight is 503 g/mol. The lowest BCUT2D eigenvalue weighted by Crippen LogP contribution is -2.43. The van der Waals surface area contributed by atoms with Gasteiger partial charge in [-0.25, -0.2) is 22.8 Å². The van der Waals surface area contributed by atoms with Gasteiger partial charge in [0.05, 0.1) is 41.8 Å². The number of primary amides is 1.